The lowest BCUT2D eigenvalue weighted by Crippen LogP contribution is -2.59. The molecule has 0 aliphatic carbocycles. The van der Waals surface area contributed by atoms with E-state index in [1.54, 1.807) is 4.68 Å². The maximum atomic E-state index is 14.0. The van der Waals surface area contributed by atoms with Crippen molar-refractivity contribution >= 4 is 11.8 Å². The van der Waals surface area contributed by atoms with Crippen LogP contribution in [-0.4, -0.2) is 51.5 Å². The molecule has 1 atom stereocenters. The maximum Gasteiger partial charge on any atom is 0.271 e. The summed E-state index contributed by atoms with van der Waals surface area (Å²) in [4.78, 5) is 24.9. The molecule has 2 heterocycles. The number of aryl methyl sites for hydroxylation is 3. The van der Waals surface area contributed by atoms with Crippen LogP contribution in [0.3, 0.4) is 0 Å². The number of carbonyl (C=O) groups excluding carboxylic acids is 2. The van der Waals surface area contributed by atoms with E-state index in [0.29, 0.717) is 6.54 Å². The standard InChI is InChI=1S/C16H22F2N4O2/c1-4-15(24)21-8-6-16(17,18)13(10-21)19-14(23)5-7-22-12(3)9-11(2)20-22/h4,9,13H,1,5-8,10H2,2-3H3,(H,19,23)/t13-/m1/s1. The summed E-state index contributed by atoms with van der Waals surface area (Å²) in [6.07, 6.45) is 0.657. The van der Waals surface area contributed by atoms with Crippen molar-refractivity contribution in [2.24, 2.45) is 0 Å². The zero-order valence-electron chi connectivity index (χ0n) is 13.9. The van der Waals surface area contributed by atoms with Crippen LogP contribution in [0.2, 0.25) is 0 Å². The average Bonchev–Trinajstić information content (AvgIpc) is 2.84. The molecule has 1 N–H and O–H groups in total. The summed E-state index contributed by atoms with van der Waals surface area (Å²) >= 11 is 0. The lowest BCUT2D eigenvalue weighted by Gasteiger charge is -2.38. The molecule has 1 aliphatic heterocycles. The molecule has 0 saturated carbocycles. The first-order valence-corrected chi connectivity index (χ1v) is 7.82. The minimum atomic E-state index is -3.04. The summed E-state index contributed by atoms with van der Waals surface area (Å²) < 4.78 is 29.7. The lowest BCUT2D eigenvalue weighted by molar-refractivity contribution is -0.140. The van der Waals surface area contributed by atoms with Gasteiger partial charge in [-0.3, -0.25) is 14.3 Å². The van der Waals surface area contributed by atoms with E-state index < -0.39 is 30.2 Å². The van der Waals surface area contributed by atoms with Gasteiger partial charge in [0, 0.05) is 38.2 Å². The average molecular weight is 340 g/mol. The molecule has 0 unspecified atom stereocenters. The molecule has 0 spiro atoms. The zero-order chi connectivity index (χ0) is 17.9. The van der Waals surface area contributed by atoms with E-state index in [0.717, 1.165) is 17.5 Å². The molecule has 0 aromatic carbocycles. The van der Waals surface area contributed by atoms with E-state index in [9.17, 15) is 18.4 Å². The fraction of sp³-hybridized carbons (Fsp3) is 0.562. The molecule has 1 fully saturated rings. The van der Waals surface area contributed by atoms with Gasteiger partial charge < -0.3 is 10.2 Å². The Labute approximate surface area is 139 Å². The second kappa shape index (κ2) is 7.11. The summed E-state index contributed by atoms with van der Waals surface area (Å²) in [5, 5.41) is 6.58. The molecule has 8 heteroatoms. The highest BCUT2D eigenvalue weighted by Crippen LogP contribution is 2.28. The van der Waals surface area contributed by atoms with Gasteiger partial charge in [0.2, 0.25) is 11.8 Å². The Bertz CT molecular complexity index is 642. The van der Waals surface area contributed by atoms with Crippen LogP contribution in [-0.2, 0) is 16.1 Å². The van der Waals surface area contributed by atoms with E-state index in [-0.39, 0.29) is 19.5 Å². The number of nitrogens with one attached hydrogen (secondary N) is 1. The summed E-state index contributed by atoms with van der Waals surface area (Å²) in [7, 11) is 0. The van der Waals surface area contributed by atoms with Gasteiger partial charge in [-0.2, -0.15) is 5.10 Å². The highest BCUT2D eigenvalue weighted by Gasteiger charge is 2.45. The first-order chi connectivity index (χ1) is 11.2. The predicted molar refractivity (Wildman–Crippen MR) is 84.6 cm³/mol. The molecule has 132 valence electrons. The van der Waals surface area contributed by atoms with Crippen molar-refractivity contribution in [1.29, 1.82) is 0 Å². The molecule has 1 aliphatic rings. The largest absolute Gasteiger partial charge is 0.345 e. The molecule has 0 radical (unpaired) electrons. The fourth-order valence-electron chi connectivity index (χ4n) is 2.76. The normalized spacial score (nSPS) is 19.8. The van der Waals surface area contributed by atoms with Gasteiger partial charge in [0.15, 0.2) is 0 Å². The first-order valence-electron chi connectivity index (χ1n) is 7.82. The van der Waals surface area contributed by atoms with Gasteiger partial charge in [0.25, 0.3) is 5.92 Å². The SMILES string of the molecule is C=CC(=O)N1CCC(F)(F)[C@H](NC(=O)CCn2nc(C)cc2C)C1. The maximum absolute atomic E-state index is 14.0. The number of hydrogen-bond acceptors (Lipinski definition) is 3. The number of rotatable bonds is 5. The van der Waals surface area contributed by atoms with Crippen molar-refractivity contribution in [2.75, 3.05) is 13.1 Å². The Morgan fingerprint density at radius 1 is 1.50 bits per heavy atom. The van der Waals surface area contributed by atoms with Crippen LogP contribution in [0.5, 0.6) is 0 Å². The van der Waals surface area contributed by atoms with Crippen LogP contribution < -0.4 is 5.32 Å². The summed E-state index contributed by atoms with van der Waals surface area (Å²) in [5.41, 5.74) is 1.75. The fourth-order valence-corrected chi connectivity index (χ4v) is 2.76. The lowest BCUT2D eigenvalue weighted by atomic mass is 10.0. The minimum Gasteiger partial charge on any atom is -0.345 e. The molecule has 1 aromatic rings. The van der Waals surface area contributed by atoms with Gasteiger partial charge in [-0.05, 0) is 26.0 Å². The van der Waals surface area contributed by atoms with Crippen LogP contribution in [0.15, 0.2) is 18.7 Å². The van der Waals surface area contributed by atoms with E-state index in [2.05, 4.69) is 17.0 Å². The van der Waals surface area contributed by atoms with Crippen LogP contribution in [0.25, 0.3) is 0 Å². The highest BCUT2D eigenvalue weighted by molar-refractivity contribution is 5.87. The van der Waals surface area contributed by atoms with E-state index in [4.69, 9.17) is 0 Å². The van der Waals surface area contributed by atoms with E-state index in [1.165, 1.54) is 4.90 Å². The third-order valence-corrected chi connectivity index (χ3v) is 4.10. The van der Waals surface area contributed by atoms with Crippen LogP contribution in [0, 0.1) is 13.8 Å². The number of halogens is 2. The summed E-state index contributed by atoms with van der Waals surface area (Å²) in [6, 6.07) is 0.495. The van der Waals surface area contributed by atoms with Crippen LogP contribution >= 0.6 is 0 Å². The summed E-state index contributed by atoms with van der Waals surface area (Å²) in [5.74, 6) is -3.93. The Balaban J connectivity index is 1.94. The smallest absolute Gasteiger partial charge is 0.271 e. The van der Waals surface area contributed by atoms with Crippen molar-refractivity contribution < 1.29 is 18.4 Å². The molecular formula is C16H22F2N4O2. The van der Waals surface area contributed by atoms with Gasteiger partial charge in [-0.15, -0.1) is 0 Å². The number of likely N-dealkylation sites (tertiary alicyclic amines) is 1. The number of amides is 2. The molecule has 6 nitrogen and oxygen atoms in total. The Kier molecular flexibility index (Phi) is 5.36. The van der Waals surface area contributed by atoms with Gasteiger partial charge >= 0.3 is 0 Å². The second-order valence-corrected chi connectivity index (χ2v) is 6.02. The Morgan fingerprint density at radius 3 is 2.79 bits per heavy atom. The molecule has 24 heavy (non-hydrogen) atoms. The van der Waals surface area contributed by atoms with Gasteiger partial charge in [0.1, 0.15) is 6.04 Å². The van der Waals surface area contributed by atoms with E-state index >= 15 is 0 Å². The molecule has 0 bridgehead atoms. The second-order valence-electron chi connectivity index (χ2n) is 6.02. The van der Waals surface area contributed by atoms with Gasteiger partial charge in [-0.1, -0.05) is 6.58 Å². The number of alkyl halides is 2. The van der Waals surface area contributed by atoms with Crippen molar-refractivity contribution in [3.8, 4) is 0 Å². The minimum absolute atomic E-state index is 0.0456. The number of piperidine rings is 1. The van der Waals surface area contributed by atoms with Crippen molar-refractivity contribution in [3.63, 3.8) is 0 Å². The van der Waals surface area contributed by atoms with Crippen LogP contribution in [0.1, 0.15) is 24.2 Å². The van der Waals surface area contributed by atoms with Crippen molar-refractivity contribution in [1.82, 2.24) is 20.0 Å². The molecule has 2 amide bonds. The number of nitrogens with zero attached hydrogens (tertiary/aromatic N) is 3. The van der Waals surface area contributed by atoms with Crippen LogP contribution in [0.4, 0.5) is 8.78 Å². The third-order valence-electron chi connectivity index (χ3n) is 4.10. The zero-order valence-corrected chi connectivity index (χ0v) is 13.9. The molecule has 1 saturated heterocycles. The topological polar surface area (TPSA) is 67.2 Å². The molecule has 1 aromatic heterocycles. The quantitative estimate of drug-likeness (QED) is 0.825. The Morgan fingerprint density at radius 2 is 2.21 bits per heavy atom. The predicted octanol–water partition coefficient (Wildman–Crippen LogP) is 1.43. The highest BCUT2D eigenvalue weighted by atomic mass is 19.3. The van der Waals surface area contributed by atoms with Gasteiger partial charge in [-0.25, -0.2) is 8.78 Å². The molecular weight excluding hydrogens is 318 g/mol. The number of aromatic nitrogens is 2. The van der Waals surface area contributed by atoms with Crippen molar-refractivity contribution in [2.45, 2.75) is 45.2 Å². The van der Waals surface area contributed by atoms with Gasteiger partial charge in [0.05, 0.1) is 5.69 Å². The van der Waals surface area contributed by atoms with E-state index in [1.807, 2.05) is 19.9 Å². The number of carbonyl (C=O) groups is 2. The first kappa shape index (κ1) is 18.1. The monoisotopic (exact) mass is 340 g/mol. The summed E-state index contributed by atoms with van der Waals surface area (Å²) in [6.45, 7) is 7.12. The van der Waals surface area contributed by atoms with Crippen molar-refractivity contribution in [3.05, 3.63) is 30.1 Å². The molecule has 2 rings (SSSR count). The third kappa shape index (κ3) is 4.18. The number of hydrogen-bond donors (Lipinski definition) is 1. The Hall–Kier alpha value is -2.25.